The van der Waals surface area contributed by atoms with Gasteiger partial charge in [0.25, 0.3) is 0 Å². The van der Waals surface area contributed by atoms with E-state index in [1.165, 1.54) is 5.56 Å². The molecule has 4 heteroatoms. The van der Waals surface area contributed by atoms with E-state index in [1.807, 2.05) is 18.2 Å². The molecule has 1 aromatic carbocycles. The molecule has 4 nitrogen and oxygen atoms in total. The molecule has 0 spiro atoms. The first-order valence-electron chi connectivity index (χ1n) is 6.98. The van der Waals surface area contributed by atoms with Crippen molar-refractivity contribution < 1.29 is 19.1 Å². The van der Waals surface area contributed by atoms with E-state index in [1.54, 1.807) is 6.92 Å². The van der Waals surface area contributed by atoms with Gasteiger partial charge in [0.05, 0.1) is 0 Å². The summed E-state index contributed by atoms with van der Waals surface area (Å²) in [4.78, 5) is 11.3. The van der Waals surface area contributed by atoms with Crippen LogP contribution in [0.2, 0.25) is 0 Å². The number of hydrogen-bond donors (Lipinski definition) is 1. The second-order valence-corrected chi connectivity index (χ2v) is 5.43. The van der Waals surface area contributed by atoms with Gasteiger partial charge in [-0.2, -0.15) is 0 Å². The molecule has 0 saturated carbocycles. The Morgan fingerprint density at radius 1 is 1.35 bits per heavy atom. The van der Waals surface area contributed by atoms with Crippen molar-refractivity contribution in [3.05, 3.63) is 35.1 Å². The molecule has 1 N–H and O–H groups in total. The van der Waals surface area contributed by atoms with E-state index in [0.717, 1.165) is 32.5 Å². The van der Waals surface area contributed by atoms with Gasteiger partial charge in [-0.25, -0.2) is 4.79 Å². The summed E-state index contributed by atoms with van der Waals surface area (Å²) in [6.07, 6.45) is 3.13. The first-order chi connectivity index (χ1) is 9.65. The third-order valence-corrected chi connectivity index (χ3v) is 4.01. The van der Waals surface area contributed by atoms with Gasteiger partial charge in [-0.05, 0) is 49.8 Å². The summed E-state index contributed by atoms with van der Waals surface area (Å²) in [7, 11) is 0. The molecule has 1 aliphatic heterocycles. The Morgan fingerprint density at radius 3 is 2.80 bits per heavy atom. The van der Waals surface area contributed by atoms with Gasteiger partial charge >= 0.3 is 5.97 Å². The Hall–Kier alpha value is -1.81. The fourth-order valence-corrected chi connectivity index (χ4v) is 2.94. The van der Waals surface area contributed by atoms with Crippen LogP contribution in [0.4, 0.5) is 0 Å². The zero-order valence-electron chi connectivity index (χ0n) is 11.5. The lowest BCUT2D eigenvalue weighted by Crippen LogP contribution is -2.17. The van der Waals surface area contributed by atoms with E-state index in [-0.39, 0.29) is 5.56 Å². The number of carboxylic acids is 1. The summed E-state index contributed by atoms with van der Waals surface area (Å²) in [5, 5.41) is 10.00. The van der Waals surface area contributed by atoms with E-state index in [9.17, 15) is 9.90 Å². The van der Waals surface area contributed by atoms with Crippen LogP contribution < -0.4 is 0 Å². The molecule has 0 bridgehead atoms. The van der Waals surface area contributed by atoms with Crippen LogP contribution in [0, 0.1) is 12.8 Å². The van der Waals surface area contributed by atoms with Gasteiger partial charge in [-0.3, -0.25) is 0 Å². The molecule has 1 aromatic heterocycles. The number of benzene rings is 1. The van der Waals surface area contributed by atoms with Crippen molar-refractivity contribution in [2.24, 2.45) is 5.92 Å². The van der Waals surface area contributed by atoms with E-state index in [2.05, 4.69) is 0 Å². The van der Waals surface area contributed by atoms with Crippen molar-refractivity contribution in [3.8, 4) is 0 Å². The van der Waals surface area contributed by atoms with Crippen LogP contribution in [-0.4, -0.2) is 24.3 Å². The standard InChI is InChI=1S/C16H18O4/c1-10-15(16(17)18)13-9-12(2-3-14(13)20-10)8-11-4-6-19-7-5-11/h2-3,9,11H,4-8H2,1H3,(H,17,18). The van der Waals surface area contributed by atoms with Crippen LogP contribution in [0.5, 0.6) is 0 Å². The minimum atomic E-state index is -0.926. The maximum atomic E-state index is 11.3. The van der Waals surface area contributed by atoms with Gasteiger partial charge in [-0.1, -0.05) is 6.07 Å². The van der Waals surface area contributed by atoms with Crippen LogP contribution in [-0.2, 0) is 11.2 Å². The fraction of sp³-hybridized carbons (Fsp3) is 0.438. The van der Waals surface area contributed by atoms with Crippen molar-refractivity contribution in [2.75, 3.05) is 13.2 Å². The van der Waals surface area contributed by atoms with Crippen molar-refractivity contribution >= 4 is 16.9 Å². The van der Waals surface area contributed by atoms with Crippen molar-refractivity contribution in [1.29, 1.82) is 0 Å². The van der Waals surface area contributed by atoms with Gasteiger partial charge < -0.3 is 14.3 Å². The van der Waals surface area contributed by atoms with Crippen molar-refractivity contribution in [3.63, 3.8) is 0 Å². The average Bonchev–Trinajstić information content (AvgIpc) is 2.75. The predicted molar refractivity (Wildman–Crippen MR) is 75.2 cm³/mol. The van der Waals surface area contributed by atoms with Crippen LogP contribution in [0.3, 0.4) is 0 Å². The normalized spacial score (nSPS) is 16.6. The summed E-state index contributed by atoms with van der Waals surface area (Å²) < 4.78 is 10.9. The third-order valence-electron chi connectivity index (χ3n) is 4.01. The van der Waals surface area contributed by atoms with Gasteiger partial charge in [-0.15, -0.1) is 0 Å². The van der Waals surface area contributed by atoms with E-state index in [4.69, 9.17) is 9.15 Å². The third kappa shape index (κ3) is 2.43. The predicted octanol–water partition coefficient (Wildman–Crippen LogP) is 3.41. The summed E-state index contributed by atoms with van der Waals surface area (Å²) in [6, 6.07) is 5.88. The number of ether oxygens (including phenoxy) is 1. The van der Waals surface area contributed by atoms with E-state index < -0.39 is 5.97 Å². The molecule has 0 aliphatic carbocycles. The van der Waals surface area contributed by atoms with Crippen LogP contribution in [0.1, 0.15) is 34.5 Å². The highest BCUT2D eigenvalue weighted by molar-refractivity contribution is 6.03. The minimum Gasteiger partial charge on any atom is -0.478 e. The average molecular weight is 274 g/mol. The lowest BCUT2D eigenvalue weighted by atomic mass is 9.92. The molecule has 1 saturated heterocycles. The molecule has 0 atom stereocenters. The van der Waals surface area contributed by atoms with E-state index in [0.29, 0.717) is 22.6 Å². The number of carbonyl (C=O) groups is 1. The summed E-state index contributed by atoms with van der Waals surface area (Å²) in [6.45, 7) is 3.36. The maximum Gasteiger partial charge on any atom is 0.339 e. The van der Waals surface area contributed by atoms with E-state index >= 15 is 0 Å². The molecule has 1 fully saturated rings. The first-order valence-corrected chi connectivity index (χ1v) is 6.98. The van der Waals surface area contributed by atoms with Crippen LogP contribution in [0.15, 0.2) is 22.6 Å². The second kappa shape index (κ2) is 5.29. The number of furan rings is 1. The summed E-state index contributed by atoms with van der Waals surface area (Å²) in [5.74, 6) is 0.169. The second-order valence-electron chi connectivity index (χ2n) is 5.43. The molecular weight excluding hydrogens is 256 g/mol. The monoisotopic (exact) mass is 274 g/mol. The first kappa shape index (κ1) is 13.2. The Kier molecular flexibility index (Phi) is 3.49. The zero-order valence-corrected chi connectivity index (χ0v) is 11.5. The summed E-state index contributed by atoms with van der Waals surface area (Å²) in [5.41, 5.74) is 2.11. The number of rotatable bonds is 3. The van der Waals surface area contributed by atoms with Gasteiger partial charge in [0, 0.05) is 18.6 Å². The zero-order chi connectivity index (χ0) is 14.1. The lowest BCUT2D eigenvalue weighted by Gasteiger charge is -2.21. The number of carboxylic acid groups (broad SMARTS) is 1. The SMILES string of the molecule is Cc1oc2ccc(CC3CCOCC3)cc2c1C(=O)O. The molecule has 1 aliphatic rings. The number of aromatic carboxylic acids is 1. The van der Waals surface area contributed by atoms with Gasteiger partial charge in [0.1, 0.15) is 16.9 Å². The lowest BCUT2D eigenvalue weighted by molar-refractivity contribution is 0.0665. The molecule has 2 aromatic rings. The molecular formula is C16H18O4. The van der Waals surface area contributed by atoms with Crippen LogP contribution in [0.25, 0.3) is 11.0 Å². The molecule has 3 rings (SSSR count). The van der Waals surface area contributed by atoms with Crippen molar-refractivity contribution in [2.45, 2.75) is 26.2 Å². The molecule has 106 valence electrons. The van der Waals surface area contributed by atoms with Crippen molar-refractivity contribution in [1.82, 2.24) is 0 Å². The minimum absolute atomic E-state index is 0.286. The smallest absolute Gasteiger partial charge is 0.339 e. The quantitative estimate of drug-likeness (QED) is 0.931. The molecule has 2 heterocycles. The highest BCUT2D eigenvalue weighted by Gasteiger charge is 2.19. The Balaban J connectivity index is 1.92. The number of hydrogen-bond acceptors (Lipinski definition) is 3. The topological polar surface area (TPSA) is 59.7 Å². The maximum absolute atomic E-state index is 11.3. The molecule has 0 unspecified atom stereocenters. The highest BCUT2D eigenvalue weighted by Crippen LogP contribution is 2.28. The number of fused-ring (bicyclic) bond motifs is 1. The number of aryl methyl sites for hydroxylation is 1. The fourth-order valence-electron chi connectivity index (χ4n) is 2.94. The Labute approximate surface area is 117 Å². The van der Waals surface area contributed by atoms with Crippen LogP contribution >= 0.6 is 0 Å². The Morgan fingerprint density at radius 2 is 2.10 bits per heavy atom. The Bertz CT molecular complexity index is 635. The highest BCUT2D eigenvalue weighted by atomic mass is 16.5. The molecule has 0 amide bonds. The van der Waals surface area contributed by atoms with Gasteiger partial charge in [0.2, 0.25) is 0 Å². The summed E-state index contributed by atoms with van der Waals surface area (Å²) >= 11 is 0. The largest absolute Gasteiger partial charge is 0.478 e. The molecule has 0 radical (unpaired) electrons. The van der Waals surface area contributed by atoms with Gasteiger partial charge in [0.15, 0.2) is 0 Å². The molecule has 20 heavy (non-hydrogen) atoms.